The number of sulfonamides is 1. The standard InChI is InChI=1S/C17H20FNO4S/c1-13(14-3-5-15(18)6-4-14)19-24(20,21)17-9-7-16(8-10-17)23-12-11-22-2/h3-10,13,19H,11-12H2,1-2H3. The first kappa shape index (κ1) is 18.4. The van der Waals surface area contributed by atoms with Crippen molar-refractivity contribution in [2.45, 2.75) is 17.9 Å². The summed E-state index contributed by atoms with van der Waals surface area (Å²) in [6, 6.07) is 11.3. The Morgan fingerprint density at radius 1 is 1.04 bits per heavy atom. The lowest BCUT2D eigenvalue weighted by Crippen LogP contribution is -2.26. The molecule has 2 rings (SSSR count). The van der Waals surface area contributed by atoms with Gasteiger partial charge in [0.25, 0.3) is 0 Å². The van der Waals surface area contributed by atoms with Crippen molar-refractivity contribution in [3.8, 4) is 5.75 Å². The van der Waals surface area contributed by atoms with Crippen molar-refractivity contribution in [1.82, 2.24) is 4.72 Å². The van der Waals surface area contributed by atoms with Crippen LogP contribution < -0.4 is 9.46 Å². The van der Waals surface area contributed by atoms with Gasteiger partial charge in [0.2, 0.25) is 10.0 Å². The van der Waals surface area contributed by atoms with Gasteiger partial charge in [-0.15, -0.1) is 0 Å². The molecule has 130 valence electrons. The van der Waals surface area contributed by atoms with E-state index in [1.54, 1.807) is 38.3 Å². The maximum absolute atomic E-state index is 12.9. The Kier molecular flexibility index (Phi) is 6.30. The zero-order valence-corrected chi connectivity index (χ0v) is 14.3. The van der Waals surface area contributed by atoms with E-state index in [9.17, 15) is 12.8 Å². The molecule has 1 N–H and O–H groups in total. The molecule has 0 amide bonds. The number of rotatable bonds is 8. The molecule has 0 saturated heterocycles. The van der Waals surface area contributed by atoms with Gasteiger partial charge in [0.05, 0.1) is 11.5 Å². The minimum absolute atomic E-state index is 0.135. The third-order valence-electron chi connectivity index (χ3n) is 3.39. The molecule has 2 aromatic rings. The Morgan fingerprint density at radius 2 is 1.67 bits per heavy atom. The van der Waals surface area contributed by atoms with Crippen LogP contribution in [0.15, 0.2) is 53.4 Å². The Hall–Kier alpha value is -1.96. The van der Waals surface area contributed by atoms with E-state index >= 15 is 0 Å². The van der Waals surface area contributed by atoms with Crippen molar-refractivity contribution >= 4 is 10.0 Å². The van der Waals surface area contributed by atoms with Gasteiger partial charge in [0, 0.05) is 13.2 Å². The summed E-state index contributed by atoms with van der Waals surface area (Å²) in [6.45, 7) is 2.55. The van der Waals surface area contributed by atoms with Crippen LogP contribution in [-0.2, 0) is 14.8 Å². The lowest BCUT2D eigenvalue weighted by molar-refractivity contribution is 0.146. The molecule has 0 fully saturated rings. The smallest absolute Gasteiger partial charge is 0.241 e. The fraction of sp³-hybridized carbons (Fsp3) is 0.294. The molecule has 0 radical (unpaired) electrons. The molecule has 0 heterocycles. The second-order valence-electron chi connectivity index (χ2n) is 5.21. The number of nitrogens with one attached hydrogen (secondary N) is 1. The highest BCUT2D eigenvalue weighted by molar-refractivity contribution is 7.89. The monoisotopic (exact) mass is 353 g/mol. The van der Waals surface area contributed by atoms with Crippen LogP contribution in [0.5, 0.6) is 5.75 Å². The fourth-order valence-electron chi connectivity index (χ4n) is 2.08. The summed E-state index contributed by atoms with van der Waals surface area (Å²) in [5.74, 6) is 0.204. The summed E-state index contributed by atoms with van der Waals surface area (Å²) in [7, 11) is -2.11. The van der Waals surface area contributed by atoms with Crippen molar-refractivity contribution in [2.75, 3.05) is 20.3 Å². The molecule has 0 aromatic heterocycles. The van der Waals surface area contributed by atoms with Crippen LogP contribution in [-0.4, -0.2) is 28.7 Å². The van der Waals surface area contributed by atoms with E-state index in [0.29, 0.717) is 24.5 Å². The molecule has 5 nitrogen and oxygen atoms in total. The van der Waals surface area contributed by atoms with E-state index < -0.39 is 16.1 Å². The molecule has 1 atom stereocenters. The summed E-state index contributed by atoms with van der Waals surface area (Å²) in [4.78, 5) is 0.135. The van der Waals surface area contributed by atoms with Crippen LogP contribution in [0.25, 0.3) is 0 Å². The predicted octanol–water partition coefficient (Wildman–Crippen LogP) is 2.89. The molecule has 0 saturated carbocycles. The fourth-order valence-corrected chi connectivity index (χ4v) is 3.31. The summed E-state index contributed by atoms with van der Waals surface area (Å²) in [5, 5.41) is 0. The summed E-state index contributed by atoms with van der Waals surface area (Å²) >= 11 is 0. The highest BCUT2D eigenvalue weighted by Crippen LogP contribution is 2.19. The highest BCUT2D eigenvalue weighted by Gasteiger charge is 2.18. The van der Waals surface area contributed by atoms with Crippen LogP contribution in [0, 0.1) is 5.82 Å². The third kappa shape index (κ3) is 5.02. The van der Waals surface area contributed by atoms with Crippen molar-refractivity contribution < 1.29 is 22.3 Å². The van der Waals surface area contributed by atoms with Gasteiger partial charge in [-0.25, -0.2) is 17.5 Å². The minimum atomic E-state index is -3.68. The quantitative estimate of drug-likeness (QED) is 0.741. The summed E-state index contributed by atoms with van der Waals surface area (Å²) in [5.41, 5.74) is 0.680. The van der Waals surface area contributed by atoms with Crippen LogP contribution in [0.2, 0.25) is 0 Å². The number of ether oxygens (including phenoxy) is 2. The van der Waals surface area contributed by atoms with Crippen LogP contribution >= 0.6 is 0 Å². The number of hydrogen-bond donors (Lipinski definition) is 1. The molecule has 7 heteroatoms. The van der Waals surface area contributed by atoms with Gasteiger partial charge in [-0.3, -0.25) is 0 Å². The summed E-state index contributed by atoms with van der Waals surface area (Å²) in [6.07, 6.45) is 0. The highest BCUT2D eigenvalue weighted by atomic mass is 32.2. The average Bonchev–Trinajstić information content (AvgIpc) is 2.56. The molecule has 24 heavy (non-hydrogen) atoms. The van der Waals surface area contributed by atoms with Crippen LogP contribution in [0.1, 0.15) is 18.5 Å². The first-order chi connectivity index (χ1) is 11.4. The van der Waals surface area contributed by atoms with Crippen LogP contribution in [0.4, 0.5) is 4.39 Å². The van der Waals surface area contributed by atoms with Crippen molar-refractivity contribution in [1.29, 1.82) is 0 Å². The SMILES string of the molecule is COCCOc1ccc(S(=O)(=O)NC(C)c2ccc(F)cc2)cc1. The molecule has 0 aliphatic rings. The normalized spacial score (nSPS) is 12.8. The molecular formula is C17H20FNO4S. The van der Waals surface area contributed by atoms with Gasteiger partial charge in [-0.2, -0.15) is 0 Å². The largest absolute Gasteiger partial charge is 0.491 e. The molecule has 0 spiro atoms. The van der Waals surface area contributed by atoms with Crippen molar-refractivity contribution in [3.63, 3.8) is 0 Å². The molecule has 0 aliphatic heterocycles. The first-order valence-electron chi connectivity index (χ1n) is 7.42. The van der Waals surface area contributed by atoms with E-state index in [1.165, 1.54) is 24.3 Å². The number of hydrogen-bond acceptors (Lipinski definition) is 4. The van der Waals surface area contributed by atoms with Gasteiger partial charge < -0.3 is 9.47 Å². The van der Waals surface area contributed by atoms with E-state index in [0.717, 1.165) is 0 Å². The molecule has 2 aromatic carbocycles. The number of halogens is 1. The van der Waals surface area contributed by atoms with Gasteiger partial charge in [-0.05, 0) is 48.9 Å². The predicted molar refractivity (Wildman–Crippen MR) is 88.9 cm³/mol. The Balaban J connectivity index is 2.05. The van der Waals surface area contributed by atoms with Crippen LogP contribution in [0.3, 0.4) is 0 Å². The molecular weight excluding hydrogens is 333 g/mol. The topological polar surface area (TPSA) is 64.6 Å². The van der Waals surface area contributed by atoms with Crippen molar-refractivity contribution in [3.05, 3.63) is 59.9 Å². The van der Waals surface area contributed by atoms with E-state index in [4.69, 9.17) is 9.47 Å². The van der Waals surface area contributed by atoms with Gasteiger partial charge >= 0.3 is 0 Å². The molecule has 1 unspecified atom stereocenters. The van der Waals surface area contributed by atoms with Gasteiger partial charge in [0.15, 0.2) is 0 Å². The lowest BCUT2D eigenvalue weighted by atomic mass is 10.1. The van der Waals surface area contributed by atoms with Crippen molar-refractivity contribution in [2.24, 2.45) is 0 Å². The Labute approximate surface area is 141 Å². The summed E-state index contributed by atoms with van der Waals surface area (Å²) < 4.78 is 50.6. The van der Waals surface area contributed by atoms with Gasteiger partial charge in [0.1, 0.15) is 18.2 Å². The van der Waals surface area contributed by atoms with E-state index in [1.807, 2.05) is 0 Å². The Bertz CT molecular complexity index is 745. The van der Waals surface area contributed by atoms with Gasteiger partial charge in [-0.1, -0.05) is 12.1 Å². The first-order valence-corrected chi connectivity index (χ1v) is 8.90. The zero-order valence-electron chi connectivity index (χ0n) is 13.5. The number of methoxy groups -OCH3 is 1. The van der Waals surface area contributed by atoms with E-state index in [2.05, 4.69) is 4.72 Å². The second kappa shape index (κ2) is 8.23. The van der Waals surface area contributed by atoms with E-state index in [-0.39, 0.29) is 10.7 Å². The maximum atomic E-state index is 12.9. The Morgan fingerprint density at radius 3 is 2.25 bits per heavy atom. The average molecular weight is 353 g/mol. The minimum Gasteiger partial charge on any atom is -0.491 e. The second-order valence-corrected chi connectivity index (χ2v) is 6.92. The lowest BCUT2D eigenvalue weighted by Gasteiger charge is -2.15. The third-order valence-corrected chi connectivity index (χ3v) is 4.95. The zero-order chi connectivity index (χ0) is 17.6. The molecule has 0 aliphatic carbocycles. The number of benzene rings is 2. The molecule has 0 bridgehead atoms. The maximum Gasteiger partial charge on any atom is 0.241 e.